The summed E-state index contributed by atoms with van der Waals surface area (Å²) in [6.07, 6.45) is 1.58. The van der Waals surface area contributed by atoms with Crippen LogP contribution in [0.3, 0.4) is 0 Å². The Balaban J connectivity index is 2.43. The fourth-order valence-corrected chi connectivity index (χ4v) is 1.62. The van der Waals surface area contributed by atoms with Crippen LogP contribution in [0.4, 0.5) is 0 Å². The second kappa shape index (κ2) is 5.19. The van der Waals surface area contributed by atoms with Gasteiger partial charge in [-0.3, -0.25) is 0 Å². The molecule has 0 radical (unpaired) electrons. The van der Waals surface area contributed by atoms with Crippen LogP contribution < -0.4 is 0 Å². The highest BCUT2D eigenvalue weighted by atomic mass is 16.4. The minimum absolute atomic E-state index is 0.156. The van der Waals surface area contributed by atoms with E-state index in [0.717, 1.165) is 5.56 Å². The van der Waals surface area contributed by atoms with Gasteiger partial charge in [0.15, 0.2) is 0 Å². The summed E-state index contributed by atoms with van der Waals surface area (Å²) in [5.41, 5.74) is 1.61. The smallest absolute Gasteiger partial charge is 0.336 e. The van der Waals surface area contributed by atoms with Crippen molar-refractivity contribution < 1.29 is 15.0 Å². The predicted molar refractivity (Wildman–Crippen MR) is 70.1 cm³/mol. The summed E-state index contributed by atoms with van der Waals surface area (Å²) in [5, 5.41) is 18.4. The molecule has 0 heterocycles. The van der Waals surface area contributed by atoms with Crippen LogP contribution >= 0.6 is 0 Å². The maximum Gasteiger partial charge on any atom is 0.336 e. The number of benzene rings is 2. The fourth-order valence-electron chi connectivity index (χ4n) is 1.62. The number of hydrogen-bond donors (Lipinski definition) is 2. The minimum atomic E-state index is -0.978. The van der Waals surface area contributed by atoms with E-state index in [1.54, 1.807) is 42.5 Å². The zero-order valence-electron chi connectivity index (χ0n) is 9.58. The lowest BCUT2D eigenvalue weighted by atomic mass is 10.0. The fraction of sp³-hybridized carbons (Fsp3) is 0. The molecule has 0 saturated heterocycles. The number of carboxylic acids is 1. The van der Waals surface area contributed by atoms with Crippen molar-refractivity contribution in [2.45, 2.75) is 0 Å². The molecule has 90 valence electrons. The van der Waals surface area contributed by atoms with Crippen LogP contribution in [0.5, 0.6) is 5.75 Å². The summed E-state index contributed by atoms with van der Waals surface area (Å²) in [6.45, 7) is 0. The van der Waals surface area contributed by atoms with E-state index in [1.807, 2.05) is 6.07 Å². The van der Waals surface area contributed by atoms with Gasteiger partial charge in [-0.25, -0.2) is 4.79 Å². The number of rotatable bonds is 3. The zero-order valence-corrected chi connectivity index (χ0v) is 9.58. The van der Waals surface area contributed by atoms with E-state index in [-0.39, 0.29) is 11.3 Å². The molecule has 0 bridgehead atoms. The molecule has 0 spiro atoms. The summed E-state index contributed by atoms with van der Waals surface area (Å²) in [4.78, 5) is 11.3. The molecule has 0 saturated carbocycles. The number of carboxylic acid groups (broad SMARTS) is 1. The first-order chi connectivity index (χ1) is 8.66. The number of phenolic OH excluding ortho intramolecular Hbond substituents is 1. The highest BCUT2D eigenvalue weighted by molar-refractivity contribution is 6.20. The van der Waals surface area contributed by atoms with Gasteiger partial charge in [-0.2, -0.15) is 0 Å². The third kappa shape index (κ3) is 2.77. The summed E-state index contributed by atoms with van der Waals surface area (Å²) in [6, 6.07) is 15.3. The van der Waals surface area contributed by atoms with E-state index in [4.69, 9.17) is 0 Å². The molecule has 0 fully saturated rings. The lowest BCUT2D eigenvalue weighted by Gasteiger charge is -2.03. The average Bonchev–Trinajstić information content (AvgIpc) is 2.38. The SMILES string of the molecule is O=C(O)/C(=C/c1ccc(O)cc1)c1ccccc1. The molecular formula is C15H12O3. The van der Waals surface area contributed by atoms with Gasteiger partial charge in [-0.1, -0.05) is 42.5 Å². The lowest BCUT2D eigenvalue weighted by molar-refractivity contribution is -0.130. The van der Waals surface area contributed by atoms with E-state index in [2.05, 4.69) is 0 Å². The van der Waals surface area contributed by atoms with Gasteiger partial charge >= 0.3 is 5.97 Å². The summed E-state index contributed by atoms with van der Waals surface area (Å²) >= 11 is 0. The van der Waals surface area contributed by atoms with Gasteiger partial charge in [0.1, 0.15) is 5.75 Å². The molecular weight excluding hydrogens is 228 g/mol. The van der Waals surface area contributed by atoms with Gasteiger partial charge in [0.05, 0.1) is 5.57 Å². The average molecular weight is 240 g/mol. The highest BCUT2D eigenvalue weighted by Gasteiger charge is 2.09. The Morgan fingerprint density at radius 3 is 2.11 bits per heavy atom. The second-order valence-corrected chi connectivity index (χ2v) is 3.82. The Morgan fingerprint density at radius 2 is 1.56 bits per heavy atom. The quantitative estimate of drug-likeness (QED) is 0.640. The molecule has 0 aliphatic carbocycles. The standard InChI is InChI=1S/C15H12O3/c16-13-8-6-11(7-9-13)10-14(15(17)18)12-4-2-1-3-5-12/h1-10,16H,(H,17,18)/b14-10+. The van der Waals surface area contributed by atoms with E-state index in [9.17, 15) is 15.0 Å². The van der Waals surface area contributed by atoms with Gasteiger partial charge in [0.25, 0.3) is 0 Å². The van der Waals surface area contributed by atoms with Gasteiger partial charge in [-0.05, 0) is 29.3 Å². The number of aromatic hydroxyl groups is 1. The molecule has 3 nitrogen and oxygen atoms in total. The van der Waals surface area contributed by atoms with Gasteiger partial charge in [-0.15, -0.1) is 0 Å². The first-order valence-electron chi connectivity index (χ1n) is 5.46. The number of phenols is 1. The topological polar surface area (TPSA) is 57.5 Å². The van der Waals surface area contributed by atoms with Crippen molar-refractivity contribution >= 4 is 17.6 Å². The van der Waals surface area contributed by atoms with Crippen LogP contribution in [0.2, 0.25) is 0 Å². The Hall–Kier alpha value is -2.55. The van der Waals surface area contributed by atoms with E-state index >= 15 is 0 Å². The molecule has 2 rings (SSSR count). The van der Waals surface area contributed by atoms with Crippen LogP contribution in [-0.4, -0.2) is 16.2 Å². The maximum absolute atomic E-state index is 11.3. The zero-order chi connectivity index (χ0) is 13.0. The van der Waals surface area contributed by atoms with Crippen LogP contribution in [0.15, 0.2) is 54.6 Å². The monoisotopic (exact) mass is 240 g/mol. The normalized spacial score (nSPS) is 11.2. The third-order valence-corrected chi connectivity index (χ3v) is 2.52. The minimum Gasteiger partial charge on any atom is -0.508 e. The van der Waals surface area contributed by atoms with Gasteiger partial charge in [0, 0.05) is 0 Å². The van der Waals surface area contributed by atoms with Crippen LogP contribution in [0.1, 0.15) is 11.1 Å². The second-order valence-electron chi connectivity index (χ2n) is 3.82. The molecule has 0 aromatic heterocycles. The molecule has 2 N–H and O–H groups in total. The largest absolute Gasteiger partial charge is 0.508 e. The Bertz CT molecular complexity index is 568. The molecule has 18 heavy (non-hydrogen) atoms. The molecule has 0 unspecified atom stereocenters. The van der Waals surface area contributed by atoms with Crippen molar-refractivity contribution in [1.29, 1.82) is 0 Å². The van der Waals surface area contributed by atoms with E-state index < -0.39 is 5.97 Å². The third-order valence-electron chi connectivity index (χ3n) is 2.52. The van der Waals surface area contributed by atoms with Crippen LogP contribution in [0, 0.1) is 0 Å². The van der Waals surface area contributed by atoms with E-state index in [1.165, 1.54) is 12.1 Å². The predicted octanol–water partition coefficient (Wildman–Crippen LogP) is 3.02. The van der Waals surface area contributed by atoms with Crippen molar-refractivity contribution in [3.63, 3.8) is 0 Å². The molecule has 0 amide bonds. The number of carbonyl (C=O) groups is 1. The molecule has 2 aromatic rings. The Labute approximate surface area is 105 Å². The Kier molecular flexibility index (Phi) is 3.44. The van der Waals surface area contributed by atoms with Crippen molar-refractivity contribution in [3.8, 4) is 5.75 Å². The summed E-state index contributed by atoms with van der Waals surface area (Å²) in [5.74, 6) is -0.821. The molecule has 0 atom stereocenters. The van der Waals surface area contributed by atoms with Gasteiger partial charge < -0.3 is 10.2 Å². The van der Waals surface area contributed by atoms with Crippen LogP contribution in [0.25, 0.3) is 11.6 Å². The number of hydrogen-bond acceptors (Lipinski definition) is 2. The van der Waals surface area contributed by atoms with Crippen LogP contribution in [-0.2, 0) is 4.79 Å². The first-order valence-corrected chi connectivity index (χ1v) is 5.46. The lowest BCUT2D eigenvalue weighted by Crippen LogP contribution is -1.99. The van der Waals surface area contributed by atoms with Crippen molar-refractivity contribution in [2.24, 2.45) is 0 Å². The molecule has 3 heteroatoms. The molecule has 2 aromatic carbocycles. The van der Waals surface area contributed by atoms with Crippen molar-refractivity contribution in [3.05, 3.63) is 65.7 Å². The summed E-state index contributed by atoms with van der Waals surface area (Å²) < 4.78 is 0. The maximum atomic E-state index is 11.3. The molecule has 0 aliphatic heterocycles. The van der Waals surface area contributed by atoms with Crippen molar-refractivity contribution in [1.82, 2.24) is 0 Å². The number of aliphatic carboxylic acids is 1. The summed E-state index contributed by atoms with van der Waals surface area (Å²) in [7, 11) is 0. The van der Waals surface area contributed by atoms with Gasteiger partial charge in [0.2, 0.25) is 0 Å². The highest BCUT2D eigenvalue weighted by Crippen LogP contribution is 2.19. The molecule has 0 aliphatic rings. The Morgan fingerprint density at radius 1 is 0.944 bits per heavy atom. The first kappa shape index (κ1) is 11.9. The van der Waals surface area contributed by atoms with Crippen molar-refractivity contribution in [2.75, 3.05) is 0 Å². The van der Waals surface area contributed by atoms with E-state index in [0.29, 0.717) is 5.56 Å².